The Morgan fingerprint density at radius 1 is 1.38 bits per heavy atom. The Bertz CT molecular complexity index is 568. The second-order valence-corrected chi connectivity index (χ2v) is 4.75. The van der Waals surface area contributed by atoms with Crippen LogP contribution in [0.3, 0.4) is 0 Å². The number of nitrogens with zero attached hydrogens (tertiary/aromatic N) is 3. The second kappa shape index (κ2) is 7.54. The SMILES string of the molecule is COC[C@@H](NC(=O)CCn1ccnc1C)c1ccccn1. The van der Waals surface area contributed by atoms with Crippen LogP contribution >= 0.6 is 0 Å². The zero-order valence-electron chi connectivity index (χ0n) is 12.3. The molecule has 1 atom stereocenters. The summed E-state index contributed by atoms with van der Waals surface area (Å²) >= 11 is 0. The third kappa shape index (κ3) is 4.39. The van der Waals surface area contributed by atoms with Crippen LogP contribution in [0.15, 0.2) is 36.8 Å². The van der Waals surface area contributed by atoms with E-state index in [2.05, 4.69) is 15.3 Å². The van der Waals surface area contributed by atoms with Crippen LogP contribution in [0.25, 0.3) is 0 Å². The number of rotatable bonds is 7. The van der Waals surface area contributed by atoms with Gasteiger partial charge in [-0.2, -0.15) is 0 Å². The van der Waals surface area contributed by atoms with Crippen LogP contribution in [0.4, 0.5) is 0 Å². The maximum Gasteiger partial charge on any atom is 0.222 e. The normalized spacial score (nSPS) is 12.1. The van der Waals surface area contributed by atoms with Gasteiger partial charge in [-0.3, -0.25) is 9.78 Å². The van der Waals surface area contributed by atoms with Gasteiger partial charge in [0.15, 0.2) is 0 Å². The molecule has 2 aromatic rings. The van der Waals surface area contributed by atoms with Crippen LogP contribution in [0, 0.1) is 6.92 Å². The van der Waals surface area contributed by atoms with Gasteiger partial charge in [-0.05, 0) is 19.1 Å². The highest BCUT2D eigenvalue weighted by atomic mass is 16.5. The number of hydrogen-bond acceptors (Lipinski definition) is 4. The van der Waals surface area contributed by atoms with Crippen LogP contribution in [-0.4, -0.2) is 34.2 Å². The number of pyridine rings is 1. The Hall–Kier alpha value is -2.21. The van der Waals surface area contributed by atoms with E-state index in [4.69, 9.17) is 4.74 Å². The number of aryl methyl sites for hydroxylation is 2. The third-order valence-electron chi connectivity index (χ3n) is 3.22. The van der Waals surface area contributed by atoms with Gasteiger partial charge in [0.25, 0.3) is 0 Å². The molecule has 2 heterocycles. The molecule has 0 aliphatic rings. The van der Waals surface area contributed by atoms with E-state index in [0.717, 1.165) is 11.5 Å². The fourth-order valence-electron chi connectivity index (χ4n) is 2.08. The molecule has 6 heteroatoms. The van der Waals surface area contributed by atoms with Crippen LogP contribution in [0.1, 0.15) is 24.0 Å². The van der Waals surface area contributed by atoms with E-state index in [0.29, 0.717) is 19.6 Å². The molecule has 6 nitrogen and oxygen atoms in total. The van der Waals surface area contributed by atoms with Crippen molar-refractivity contribution in [3.05, 3.63) is 48.3 Å². The van der Waals surface area contributed by atoms with Crippen molar-refractivity contribution in [3.63, 3.8) is 0 Å². The zero-order chi connectivity index (χ0) is 15.1. The molecule has 0 saturated heterocycles. The Morgan fingerprint density at radius 2 is 2.24 bits per heavy atom. The van der Waals surface area contributed by atoms with Crippen molar-refractivity contribution in [1.29, 1.82) is 0 Å². The van der Waals surface area contributed by atoms with Gasteiger partial charge in [0.1, 0.15) is 5.82 Å². The fourth-order valence-corrected chi connectivity index (χ4v) is 2.08. The number of hydrogen-bond donors (Lipinski definition) is 1. The smallest absolute Gasteiger partial charge is 0.222 e. The van der Waals surface area contributed by atoms with Crippen molar-refractivity contribution in [2.24, 2.45) is 0 Å². The molecule has 0 aliphatic carbocycles. The summed E-state index contributed by atoms with van der Waals surface area (Å²) in [7, 11) is 1.61. The molecule has 0 aromatic carbocycles. The molecule has 0 fully saturated rings. The van der Waals surface area contributed by atoms with Crippen molar-refractivity contribution in [3.8, 4) is 0 Å². The number of ether oxygens (including phenoxy) is 1. The molecule has 0 bridgehead atoms. The lowest BCUT2D eigenvalue weighted by Crippen LogP contribution is -2.32. The fraction of sp³-hybridized carbons (Fsp3) is 0.400. The average Bonchev–Trinajstić information content (AvgIpc) is 2.91. The lowest BCUT2D eigenvalue weighted by atomic mass is 10.2. The van der Waals surface area contributed by atoms with Gasteiger partial charge in [-0.15, -0.1) is 0 Å². The number of aromatic nitrogens is 3. The highest BCUT2D eigenvalue weighted by molar-refractivity contribution is 5.76. The van der Waals surface area contributed by atoms with E-state index in [1.165, 1.54) is 0 Å². The zero-order valence-corrected chi connectivity index (χ0v) is 12.3. The molecular formula is C15H20N4O2. The Labute approximate surface area is 124 Å². The maximum atomic E-state index is 12.1. The van der Waals surface area contributed by atoms with E-state index >= 15 is 0 Å². The average molecular weight is 288 g/mol. The number of carbonyl (C=O) groups is 1. The van der Waals surface area contributed by atoms with E-state index in [1.807, 2.05) is 35.9 Å². The molecule has 21 heavy (non-hydrogen) atoms. The first kappa shape index (κ1) is 15.2. The first-order chi connectivity index (χ1) is 10.2. The highest BCUT2D eigenvalue weighted by Crippen LogP contribution is 2.10. The van der Waals surface area contributed by atoms with E-state index in [1.54, 1.807) is 19.5 Å². The Kier molecular flexibility index (Phi) is 5.45. The molecule has 1 amide bonds. The summed E-state index contributed by atoms with van der Waals surface area (Å²) in [6.45, 7) is 2.92. The largest absolute Gasteiger partial charge is 0.382 e. The minimum atomic E-state index is -0.229. The monoisotopic (exact) mass is 288 g/mol. The first-order valence-electron chi connectivity index (χ1n) is 6.87. The molecule has 2 rings (SSSR count). The third-order valence-corrected chi connectivity index (χ3v) is 3.22. The molecule has 0 radical (unpaired) electrons. The lowest BCUT2D eigenvalue weighted by molar-refractivity contribution is -0.122. The summed E-state index contributed by atoms with van der Waals surface area (Å²) in [5, 5.41) is 2.96. The minimum Gasteiger partial charge on any atom is -0.382 e. The first-order valence-corrected chi connectivity index (χ1v) is 6.87. The molecule has 0 saturated carbocycles. The molecule has 0 spiro atoms. The van der Waals surface area contributed by atoms with Crippen LogP contribution in [0.5, 0.6) is 0 Å². The van der Waals surface area contributed by atoms with Crippen LogP contribution in [-0.2, 0) is 16.1 Å². The summed E-state index contributed by atoms with van der Waals surface area (Å²) in [6.07, 6.45) is 5.70. The number of nitrogens with one attached hydrogen (secondary N) is 1. The number of amides is 1. The number of methoxy groups -OCH3 is 1. The van der Waals surface area contributed by atoms with E-state index < -0.39 is 0 Å². The Balaban J connectivity index is 1.91. The summed E-state index contributed by atoms with van der Waals surface area (Å²) < 4.78 is 7.11. The van der Waals surface area contributed by atoms with Crippen molar-refractivity contribution in [1.82, 2.24) is 19.9 Å². The molecule has 0 aliphatic heterocycles. The van der Waals surface area contributed by atoms with E-state index in [9.17, 15) is 4.79 Å². The van der Waals surface area contributed by atoms with Gasteiger partial charge in [-0.1, -0.05) is 6.07 Å². The molecule has 0 unspecified atom stereocenters. The van der Waals surface area contributed by atoms with Crippen molar-refractivity contribution >= 4 is 5.91 Å². The molecule has 1 N–H and O–H groups in total. The Morgan fingerprint density at radius 3 is 2.86 bits per heavy atom. The number of imidazole rings is 1. The van der Waals surface area contributed by atoms with Crippen molar-refractivity contribution in [2.45, 2.75) is 25.9 Å². The van der Waals surface area contributed by atoms with Crippen molar-refractivity contribution < 1.29 is 9.53 Å². The second-order valence-electron chi connectivity index (χ2n) is 4.75. The predicted molar refractivity (Wildman–Crippen MR) is 78.6 cm³/mol. The highest BCUT2D eigenvalue weighted by Gasteiger charge is 2.15. The van der Waals surface area contributed by atoms with Gasteiger partial charge >= 0.3 is 0 Å². The summed E-state index contributed by atoms with van der Waals surface area (Å²) in [5.41, 5.74) is 0.798. The predicted octanol–water partition coefficient (Wildman–Crippen LogP) is 1.48. The summed E-state index contributed by atoms with van der Waals surface area (Å²) in [4.78, 5) is 20.5. The standard InChI is InChI=1S/C15H20N4O2/c1-12-16-8-10-19(12)9-6-15(20)18-14(11-21-2)13-5-3-4-7-17-13/h3-5,7-8,10,14H,6,9,11H2,1-2H3,(H,18,20)/t14-/m1/s1. The van der Waals surface area contributed by atoms with Gasteiger partial charge in [0.05, 0.1) is 18.3 Å². The van der Waals surface area contributed by atoms with E-state index in [-0.39, 0.29) is 11.9 Å². The summed E-state index contributed by atoms with van der Waals surface area (Å²) in [5.74, 6) is 0.872. The maximum absolute atomic E-state index is 12.1. The van der Waals surface area contributed by atoms with Gasteiger partial charge in [-0.25, -0.2) is 4.98 Å². The summed E-state index contributed by atoms with van der Waals surface area (Å²) in [6, 6.07) is 5.39. The molecule has 2 aromatic heterocycles. The van der Waals surface area contributed by atoms with Gasteiger partial charge < -0.3 is 14.6 Å². The lowest BCUT2D eigenvalue weighted by Gasteiger charge is -2.17. The van der Waals surface area contributed by atoms with Crippen LogP contribution in [0.2, 0.25) is 0 Å². The van der Waals surface area contributed by atoms with Gasteiger partial charge in [0.2, 0.25) is 5.91 Å². The minimum absolute atomic E-state index is 0.0317. The molecular weight excluding hydrogens is 268 g/mol. The number of carbonyl (C=O) groups excluding carboxylic acids is 1. The van der Waals surface area contributed by atoms with Gasteiger partial charge in [0, 0.05) is 38.7 Å². The van der Waals surface area contributed by atoms with Crippen LogP contribution < -0.4 is 5.32 Å². The quantitative estimate of drug-likeness (QED) is 0.838. The molecule has 112 valence electrons. The van der Waals surface area contributed by atoms with Crippen molar-refractivity contribution in [2.75, 3.05) is 13.7 Å². The topological polar surface area (TPSA) is 69.0 Å².